The van der Waals surface area contributed by atoms with Crippen molar-refractivity contribution in [3.63, 3.8) is 0 Å². The van der Waals surface area contributed by atoms with Crippen molar-refractivity contribution < 1.29 is 9.21 Å². The molecule has 2 heterocycles. The molecule has 1 unspecified atom stereocenters. The molecule has 1 aromatic heterocycles. The van der Waals surface area contributed by atoms with Crippen molar-refractivity contribution in [3.05, 3.63) is 24.3 Å². The normalized spacial score (nSPS) is 18.3. The zero-order chi connectivity index (χ0) is 19.4. The first-order valence-electron chi connectivity index (χ1n) is 8.97. The summed E-state index contributed by atoms with van der Waals surface area (Å²) in [7, 11) is 7.87. The van der Waals surface area contributed by atoms with Gasteiger partial charge in [0.1, 0.15) is 0 Å². The lowest BCUT2D eigenvalue weighted by Gasteiger charge is -2.37. The number of nitrogens with zero attached hydrogens (tertiary/aromatic N) is 5. The summed E-state index contributed by atoms with van der Waals surface area (Å²) in [4.78, 5) is 18.5. The van der Waals surface area contributed by atoms with Crippen molar-refractivity contribution in [2.75, 3.05) is 64.6 Å². The van der Waals surface area contributed by atoms with Gasteiger partial charge in [-0.25, -0.2) is 4.79 Å². The average Bonchev–Trinajstić information content (AvgIpc) is 3.13. The monoisotopic (exact) mass is 373 g/mol. The number of aromatic nitrogens is 2. The molecule has 1 fully saturated rings. The zero-order valence-electron chi connectivity index (χ0n) is 16.3. The third-order valence-corrected chi connectivity index (χ3v) is 4.67. The number of hydrogen-bond acceptors (Lipinski definition) is 7. The van der Waals surface area contributed by atoms with Crippen molar-refractivity contribution in [2.45, 2.75) is 6.04 Å². The van der Waals surface area contributed by atoms with Gasteiger partial charge >= 0.3 is 12.0 Å². The van der Waals surface area contributed by atoms with Gasteiger partial charge in [0.2, 0.25) is 5.89 Å². The van der Waals surface area contributed by atoms with Gasteiger partial charge in [-0.15, -0.1) is 5.10 Å². The standard InChI is InChI=1S/C18H27N7O2/c1-23(2)18-22-21-16(27-18)13-5-7-14(8-6-13)20-17(26)19-11-15-12-24(3)9-10-25(15)4/h5-8,15H,9-12H2,1-4H3,(H2,19,20,26). The number of piperazine rings is 1. The minimum absolute atomic E-state index is 0.211. The molecule has 0 radical (unpaired) electrons. The van der Waals surface area contributed by atoms with E-state index in [1.807, 2.05) is 38.4 Å². The van der Waals surface area contributed by atoms with Gasteiger partial charge < -0.3 is 24.9 Å². The first kappa shape index (κ1) is 19.1. The van der Waals surface area contributed by atoms with Crippen molar-refractivity contribution in [3.8, 4) is 11.5 Å². The van der Waals surface area contributed by atoms with E-state index in [9.17, 15) is 4.79 Å². The van der Waals surface area contributed by atoms with E-state index in [4.69, 9.17) is 4.42 Å². The van der Waals surface area contributed by atoms with Crippen molar-refractivity contribution in [1.29, 1.82) is 0 Å². The first-order valence-corrected chi connectivity index (χ1v) is 8.97. The molecule has 1 aromatic carbocycles. The molecular formula is C18H27N7O2. The largest absolute Gasteiger partial charge is 0.403 e. The van der Waals surface area contributed by atoms with E-state index in [1.54, 1.807) is 4.90 Å². The summed E-state index contributed by atoms with van der Waals surface area (Å²) in [5, 5.41) is 13.8. The first-order chi connectivity index (χ1) is 12.9. The van der Waals surface area contributed by atoms with E-state index >= 15 is 0 Å². The molecule has 2 N–H and O–H groups in total. The average molecular weight is 373 g/mol. The summed E-state index contributed by atoms with van der Waals surface area (Å²) < 4.78 is 5.57. The third-order valence-electron chi connectivity index (χ3n) is 4.67. The van der Waals surface area contributed by atoms with Crippen molar-refractivity contribution in [2.24, 2.45) is 0 Å². The molecule has 3 rings (SSSR count). The maximum absolute atomic E-state index is 12.2. The van der Waals surface area contributed by atoms with E-state index in [0.717, 1.165) is 25.2 Å². The van der Waals surface area contributed by atoms with Crippen LogP contribution in [0.2, 0.25) is 0 Å². The predicted octanol–water partition coefficient (Wildman–Crippen LogP) is 1.17. The Morgan fingerprint density at radius 2 is 1.96 bits per heavy atom. The summed E-state index contributed by atoms with van der Waals surface area (Å²) in [6, 6.07) is 7.87. The summed E-state index contributed by atoms with van der Waals surface area (Å²) in [5.74, 6) is 0.444. The van der Waals surface area contributed by atoms with Gasteiger partial charge in [-0.3, -0.25) is 4.90 Å². The Balaban J connectivity index is 1.52. The number of rotatable bonds is 5. The fourth-order valence-electron chi connectivity index (χ4n) is 2.92. The lowest BCUT2D eigenvalue weighted by molar-refractivity contribution is 0.115. The van der Waals surface area contributed by atoms with E-state index in [2.05, 4.69) is 44.7 Å². The van der Waals surface area contributed by atoms with Crippen LogP contribution in [0.5, 0.6) is 0 Å². The molecule has 9 nitrogen and oxygen atoms in total. The minimum atomic E-state index is -0.211. The fourth-order valence-corrected chi connectivity index (χ4v) is 2.92. The van der Waals surface area contributed by atoms with E-state index < -0.39 is 0 Å². The number of carbonyl (C=O) groups excluding carboxylic acids is 1. The number of urea groups is 1. The number of carbonyl (C=O) groups is 1. The highest BCUT2D eigenvalue weighted by Crippen LogP contribution is 2.22. The van der Waals surface area contributed by atoms with Gasteiger partial charge in [-0.2, -0.15) is 0 Å². The lowest BCUT2D eigenvalue weighted by Crippen LogP contribution is -2.54. The molecule has 2 amide bonds. The molecule has 146 valence electrons. The minimum Gasteiger partial charge on any atom is -0.403 e. The Kier molecular flexibility index (Phi) is 5.92. The summed E-state index contributed by atoms with van der Waals surface area (Å²) in [5.41, 5.74) is 1.51. The molecule has 0 saturated carbocycles. The maximum Gasteiger partial charge on any atom is 0.319 e. The second kappa shape index (κ2) is 8.36. The highest BCUT2D eigenvalue weighted by Gasteiger charge is 2.22. The summed E-state index contributed by atoms with van der Waals surface area (Å²) >= 11 is 0. The number of amides is 2. The van der Waals surface area contributed by atoms with E-state index in [0.29, 0.717) is 30.2 Å². The topological polar surface area (TPSA) is 89.8 Å². The van der Waals surface area contributed by atoms with Crippen molar-refractivity contribution in [1.82, 2.24) is 25.3 Å². The van der Waals surface area contributed by atoms with Gasteiger partial charge in [0.25, 0.3) is 0 Å². The lowest BCUT2D eigenvalue weighted by atomic mass is 10.2. The highest BCUT2D eigenvalue weighted by atomic mass is 16.4. The van der Waals surface area contributed by atoms with Crippen LogP contribution in [0.25, 0.3) is 11.5 Å². The molecule has 1 atom stereocenters. The second-order valence-corrected chi connectivity index (χ2v) is 7.09. The smallest absolute Gasteiger partial charge is 0.319 e. The second-order valence-electron chi connectivity index (χ2n) is 7.09. The summed E-state index contributed by atoms with van der Waals surface area (Å²) in [6.07, 6.45) is 0. The Morgan fingerprint density at radius 1 is 1.22 bits per heavy atom. The Labute approximate surface area is 159 Å². The zero-order valence-corrected chi connectivity index (χ0v) is 16.3. The molecule has 1 aliphatic heterocycles. The predicted molar refractivity (Wildman–Crippen MR) is 105 cm³/mol. The van der Waals surface area contributed by atoms with Crippen LogP contribution in [0.3, 0.4) is 0 Å². The molecule has 9 heteroatoms. The van der Waals surface area contributed by atoms with E-state index in [-0.39, 0.29) is 6.03 Å². The highest BCUT2D eigenvalue weighted by molar-refractivity contribution is 5.89. The Bertz CT molecular complexity index is 759. The molecule has 0 aliphatic carbocycles. The number of hydrogen-bond donors (Lipinski definition) is 2. The molecule has 1 aliphatic rings. The molecule has 0 spiro atoms. The van der Waals surface area contributed by atoms with Crippen molar-refractivity contribution >= 4 is 17.7 Å². The SMILES string of the molecule is CN1CCN(C)C(CNC(=O)Nc2ccc(-c3nnc(N(C)C)o3)cc2)C1. The van der Waals surface area contributed by atoms with Crippen LogP contribution in [-0.2, 0) is 0 Å². The summed E-state index contributed by atoms with van der Waals surface area (Å²) in [6.45, 7) is 3.63. The molecule has 1 saturated heterocycles. The quantitative estimate of drug-likeness (QED) is 0.813. The number of benzene rings is 1. The van der Waals surface area contributed by atoms with Crippen LogP contribution >= 0.6 is 0 Å². The fraction of sp³-hybridized carbons (Fsp3) is 0.500. The van der Waals surface area contributed by atoms with Crippen LogP contribution in [0.15, 0.2) is 28.7 Å². The molecule has 0 bridgehead atoms. The van der Waals surface area contributed by atoms with Gasteiger partial charge in [0, 0.05) is 57.6 Å². The van der Waals surface area contributed by atoms with Crippen LogP contribution in [0, 0.1) is 0 Å². The van der Waals surface area contributed by atoms with E-state index in [1.165, 1.54) is 0 Å². The van der Waals surface area contributed by atoms with Gasteiger partial charge in [0.05, 0.1) is 0 Å². The number of likely N-dealkylation sites (N-methyl/N-ethyl adjacent to an activating group) is 2. The van der Waals surface area contributed by atoms with Gasteiger partial charge in [0.15, 0.2) is 0 Å². The Hall–Kier alpha value is -2.65. The molecule has 2 aromatic rings. The molecular weight excluding hydrogens is 346 g/mol. The Morgan fingerprint density at radius 3 is 2.63 bits per heavy atom. The van der Waals surface area contributed by atoms with Gasteiger partial charge in [-0.1, -0.05) is 5.10 Å². The van der Waals surface area contributed by atoms with Crippen LogP contribution in [0.1, 0.15) is 0 Å². The van der Waals surface area contributed by atoms with Crippen LogP contribution in [-0.4, -0.2) is 86.4 Å². The van der Waals surface area contributed by atoms with Crippen LogP contribution < -0.4 is 15.5 Å². The maximum atomic E-state index is 12.2. The number of nitrogens with one attached hydrogen (secondary N) is 2. The third kappa shape index (κ3) is 4.95. The molecule has 27 heavy (non-hydrogen) atoms. The van der Waals surface area contributed by atoms with Crippen LogP contribution in [0.4, 0.5) is 16.5 Å². The number of anilines is 2. The van der Waals surface area contributed by atoms with Gasteiger partial charge in [-0.05, 0) is 38.4 Å².